The third-order valence-electron chi connectivity index (χ3n) is 7.46. The molecule has 8 nitrogen and oxygen atoms in total. The molecule has 0 amide bonds. The van der Waals surface area contributed by atoms with Gasteiger partial charge in [0, 0.05) is 58.5 Å². The molecule has 1 aromatic heterocycles. The second-order valence-corrected chi connectivity index (χ2v) is 12.2. The Labute approximate surface area is 235 Å². The number of rotatable bonds is 10. The first-order valence-corrected chi connectivity index (χ1v) is 15.0. The minimum atomic E-state index is -3.85. The van der Waals surface area contributed by atoms with Gasteiger partial charge in [0.15, 0.2) is 0 Å². The third kappa shape index (κ3) is 5.90. The van der Waals surface area contributed by atoms with Crippen LogP contribution in [0.15, 0.2) is 71.6 Å². The quantitative estimate of drug-likeness (QED) is 0.265. The molecule has 0 radical (unpaired) electrons. The highest BCUT2D eigenvalue weighted by molar-refractivity contribution is 7.89. The van der Waals surface area contributed by atoms with Crippen molar-refractivity contribution in [3.05, 3.63) is 83.8 Å². The van der Waals surface area contributed by atoms with Crippen LogP contribution in [0.4, 0.5) is 10.2 Å². The number of ether oxygens (including phenoxy) is 1. The van der Waals surface area contributed by atoms with E-state index in [-0.39, 0.29) is 23.8 Å². The molecule has 3 aromatic carbocycles. The Kier molecular flexibility index (Phi) is 8.51. The van der Waals surface area contributed by atoms with Gasteiger partial charge in [-0.25, -0.2) is 17.5 Å². The lowest BCUT2D eigenvalue weighted by atomic mass is 10.1. The summed E-state index contributed by atoms with van der Waals surface area (Å²) in [5.41, 5.74) is 2.13. The molecule has 2 heterocycles. The lowest BCUT2D eigenvalue weighted by molar-refractivity contribution is 0.186. The second-order valence-electron chi connectivity index (χ2n) is 10.3. The molecule has 10 heteroatoms. The summed E-state index contributed by atoms with van der Waals surface area (Å²) in [6, 6.07) is 19.3. The van der Waals surface area contributed by atoms with Crippen LogP contribution >= 0.6 is 0 Å². The highest BCUT2D eigenvalue weighted by Gasteiger charge is 2.30. The molecule has 1 fully saturated rings. The Morgan fingerprint density at radius 1 is 0.975 bits per heavy atom. The molecular formula is C30H36FN5O3S. The van der Waals surface area contributed by atoms with Crippen molar-refractivity contribution >= 4 is 26.6 Å². The zero-order valence-electron chi connectivity index (χ0n) is 23.3. The maximum Gasteiger partial charge on any atom is 0.243 e. The Hall–Kier alpha value is -3.31. The van der Waals surface area contributed by atoms with Gasteiger partial charge in [-0.05, 0) is 61.5 Å². The molecule has 0 N–H and O–H groups in total. The molecule has 1 aliphatic heterocycles. The molecule has 0 spiro atoms. The van der Waals surface area contributed by atoms with Gasteiger partial charge in [0.05, 0.1) is 16.3 Å². The van der Waals surface area contributed by atoms with Crippen molar-refractivity contribution in [2.24, 2.45) is 0 Å². The summed E-state index contributed by atoms with van der Waals surface area (Å²) in [7, 11) is -0.156. The number of piperazine rings is 1. The van der Waals surface area contributed by atoms with Gasteiger partial charge in [0.25, 0.3) is 0 Å². The number of halogens is 1. The Bertz CT molecular complexity index is 1580. The monoisotopic (exact) mass is 565 g/mol. The Balaban J connectivity index is 1.58. The van der Waals surface area contributed by atoms with Gasteiger partial charge in [0.2, 0.25) is 10.0 Å². The van der Waals surface area contributed by atoms with Gasteiger partial charge >= 0.3 is 0 Å². The molecule has 1 saturated heterocycles. The van der Waals surface area contributed by atoms with Crippen LogP contribution in [0.25, 0.3) is 16.5 Å². The lowest BCUT2D eigenvalue weighted by Gasteiger charge is -2.35. The number of aryl methyl sites for hydroxylation is 1. The van der Waals surface area contributed by atoms with E-state index >= 15 is 0 Å². The number of anilines is 1. The number of likely N-dealkylation sites (N-methyl/N-ethyl adjacent to an activating group) is 1. The molecule has 40 heavy (non-hydrogen) atoms. The van der Waals surface area contributed by atoms with Gasteiger partial charge in [-0.2, -0.15) is 9.40 Å². The van der Waals surface area contributed by atoms with E-state index in [9.17, 15) is 12.8 Å². The molecule has 1 aliphatic rings. The molecular weight excluding hydrogens is 529 g/mol. The lowest BCUT2D eigenvalue weighted by Crippen LogP contribution is -2.45. The van der Waals surface area contributed by atoms with E-state index in [0.717, 1.165) is 48.3 Å². The predicted molar refractivity (Wildman–Crippen MR) is 156 cm³/mol. The van der Waals surface area contributed by atoms with Crippen molar-refractivity contribution in [3.63, 3.8) is 0 Å². The van der Waals surface area contributed by atoms with Gasteiger partial charge in [0.1, 0.15) is 11.6 Å². The first kappa shape index (κ1) is 28.2. The minimum Gasteiger partial charge on any atom is -0.385 e. The fourth-order valence-corrected chi connectivity index (χ4v) is 6.67. The summed E-state index contributed by atoms with van der Waals surface area (Å²) in [5.74, 6) is 0.457. The standard InChI is InChI=1S/C30H36FN5O3S/c1-23-29(30(34-17-15-33(2)16-18-34)36(32-23)27-11-6-10-26(31)21-27)22-35(14-7-19-39-3)40(37,38)28-13-12-24-8-4-5-9-25(24)20-28/h4-6,8-13,20-21H,7,14-19,22H2,1-3H3. The first-order valence-electron chi connectivity index (χ1n) is 13.5. The molecule has 0 atom stereocenters. The van der Waals surface area contributed by atoms with Gasteiger partial charge in [-0.3, -0.25) is 0 Å². The van der Waals surface area contributed by atoms with Gasteiger partial charge < -0.3 is 14.5 Å². The topological polar surface area (TPSA) is 70.9 Å². The van der Waals surface area contributed by atoms with Crippen molar-refractivity contribution in [3.8, 4) is 5.69 Å². The fraction of sp³-hybridized carbons (Fsp3) is 0.367. The summed E-state index contributed by atoms with van der Waals surface area (Å²) in [4.78, 5) is 4.74. The average molecular weight is 566 g/mol. The highest BCUT2D eigenvalue weighted by Crippen LogP contribution is 2.32. The first-order chi connectivity index (χ1) is 19.3. The number of nitrogens with zero attached hydrogens (tertiary/aromatic N) is 5. The number of fused-ring (bicyclic) bond motifs is 1. The van der Waals surface area contributed by atoms with Gasteiger partial charge in [-0.15, -0.1) is 0 Å². The van der Waals surface area contributed by atoms with E-state index in [4.69, 9.17) is 9.84 Å². The van der Waals surface area contributed by atoms with Crippen LogP contribution in [0.2, 0.25) is 0 Å². The van der Waals surface area contributed by atoms with Gasteiger partial charge in [-0.1, -0.05) is 36.4 Å². The van der Waals surface area contributed by atoms with Crippen molar-refractivity contribution in [1.29, 1.82) is 0 Å². The van der Waals surface area contributed by atoms with Crippen LogP contribution in [-0.2, 0) is 21.3 Å². The van der Waals surface area contributed by atoms with Crippen LogP contribution in [0.5, 0.6) is 0 Å². The van der Waals surface area contributed by atoms with Crippen LogP contribution < -0.4 is 4.90 Å². The summed E-state index contributed by atoms with van der Waals surface area (Å²) < 4.78 is 51.1. The normalized spacial score (nSPS) is 14.9. The largest absolute Gasteiger partial charge is 0.385 e. The SMILES string of the molecule is COCCCN(Cc1c(C)nn(-c2cccc(F)c2)c1N1CCN(C)CC1)S(=O)(=O)c1ccc2ccccc2c1. The molecule has 212 valence electrons. The number of methoxy groups -OCH3 is 1. The highest BCUT2D eigenvalue weighted by atomic mass is 32.2. The number of hydrogen-bond donors (Lipinski definition) is 0. The third-order valence-corrected chi connectivity index (χ3v) is 9.30. The summed E-state index contributed by atoms with van der Waals surface area (Å²) >= 11 is 0. The van der Waals surface area contributed by atoms with Crippen molar-refractivity contribution in [2.75, 3.05) is 58.4 Å². The number of benzene rings is 3. The molecule has 0 aliphatic carbocycles. The van der Waals surface area contributed by atoms with Crippen molar-refractivity contribution in [1.82, 2.24) is 19.0 Å². The van der Waals surface area contributed by atoms with E-state index in [2.05, 4.69) is 16.8 Å². The smallest absolute Gasteiger partial charge is 0.243 e. The number of hydrogen-bond acceptors (Lipinski definition) is 6. The fourth-order valence-electron chi connectivity index (χ4n) is 5.19. The summed E-state index contributed by atoms with van der Waals surface area (Å²) in [6.45, 7) is 5.99. The van der Waals surface area contributed by atoms with E-state index < -0.39 is 10.0 Å². The summed E-state index contributed by atoms with van der Waals surface area (Å²) in [5, 5.41) is 6.66. The average Bonchev–Trinajstić information content (AvgIpc) is 3.28. The summed E-state index contributed by atoms with van der Waals surface area (Å²) in [6.07, 6.45) is 0.546. The Morgan fingerprint density at radius 2 is 1.73 bits per heavy atom. The van der Waals surface area contributed by atoms with Crippen molar-refractivity contribution < 1.29 is 17.5 Å². The predicted octanol–water partition coefficient (Wildman–Crippen LogP) is 4.45. The van der Waals surface area contributed by atoms with Crippen LogP contribution in [0, 0.1) is 12.7 Å². The second kappa shape index (κ2) is 12.1. The van der Waals surface area contributed by atoms with Crippen LogP contribution in [0.3, 0.4) is 0 Å². The van der Waals surface area contributed by atoms with Crippen LogP contribution in [0.1, 0.15) is 17.7 Å². The Morgan fingerprint density at radius 3 is 2.45 bits per heavy atom. The van der Waals surface area contributed by atoms with Crippen molar-refractivity contribution in [2.45, 2.75) is 24.8 Å². The zero-order chi connectivity index (χ0) is 28.3. The number of aromatic nitrogens is 2. The minimum absolute atomic E-state index is 0.141. The van der Waals surface area contributed by atoms with E-state index in [1.165, 1.54) is 16.4 Å². The van der Waals surface area contributed by atoms with Crippen LogP contribution in [-0.4, -0.2) is 80.9 Å². The van der Waals surface area contributed by atoms with E-state index in [1.54, 1.807) is 30.0 Å². The van der Waals surface area contributed by atoms with E-state index in [1.807, 2.05) is 43.3 Å². The number of sulfonamides is 1. The zero-order valence-corrected chi connectivity index (χ0v) is 24.1. The molecule has 0 saturated carbocycles. The maximum atomic E-state index is 14.3. The molecule has 4 aromatic rings. The molecule has 5 rings (SSSR count). The molecule has 0 bridgehead atoms. The molecule has 0 unspecified atom stereocenters. The maximum absolute atomic E-state index is 14.3. The van der Waals surface area contributed by atoms with E-state index in [0.29, 0.717) is 24.4 Å².